The highest BCUT2D eigenvalue weighted by molar-refractivity contribution is 8.01. The molecule has 1 heterocycles. The third kappa shape index (κ3) is 5.18. The van der Waals surface area contributed by atoms with Gasteiger partial charge in [0.05, 0.1) is 12.9 Å². The van der Waals surface area contributed by atoms with Crippen LogP contribution in [0.2, 0.25) is 0 Å². The van der Waals surface area contributed by atoms with Crippen molar-refractivity contribution in [2.75, 3.05) is 18.2 Å². The minimum atomic E-state index is -0.707. The third-order valence-electron chi connectivity index (χ3n) is 3.58. The summed E-state index contributed by atoms with van der Waals surface area (Å²) in [7, 11) is 1.32. The van der Waals surface area contributed by atoms with Crippen molar-refractivity contribution in [3.05, 3.63) is 42.5 Å². The van der Waals surface area contributed by atoms with Gasteiger partial charge in [0.15, 0.2) is 10.4 Å². The van der Waals surface area contributed by atoms with Crippen LogP contribution in [0.5, 0.6) is 5.75 Å². The molecule has 0 fully saturated rings. The van der Waals surface area contributed by atoms with E-state index in [9.17, 15) is 9.59 Å². The van der Waals surface area contributed by atoms with E-state index in [4.69, 9.17) is 4.74 Å². The Morgan fingerprint density at radius 1 is 1.19 bits per heavy atom. The molecule has 0 bridgehead atoms. The number of fused-ring (bicyclic) bond motifs is 1. The van der Waals surface area contributed by atoms with Crippen molar-refractivity contribution in [1.82, 2.24) is 10.2 Å². The van der Waals surface area contributed by atoms with E-state index in [0.29, 0.717) is 15.2 Å². The van der Waals surface area contributed by atoms with Gasteiger partial charge in [0, 0.05) is 0 Å². The molecule has 1 atom stereocenters. The highest BCUT2D eigenvalue weighted by Gasteiger charge is 2.17. The van der Waals surface area contributed by atoms with E-state index in [-0.39, 0.29) is 17.6 Å². The van der Waals surface area contributed by atoms with Crippen LogP contribution < -0.4 is 10.1 Å². The number of rotatable bonds is 7. The number of nitrogens with zero attached hydrogens (tertiary/aromatic N) is 2. The van der Waals surface area contributed by atoms with E-state index in [1.165, 1.54) is 30.2 Å². The van der Waals surface area contributed by atoms with Gasteiger partial charge in [-0.05, 0) is 29.8 Å². The molecule has 1 aromatic heterocycles. The van der Waals surface area contributed by atoms with Crippen LogP contribution in [0.25, 0.3) is 10.8 Å². The number of nitrogens with one attached hydrogen (secondary N) is 1. The molecule has 140 valence electrons. The number of esters is 1. The fourth-order valence-electron chi connectivity index (χ4n) is 2.20. The lowest BCUT2D eigenvalue weighted by Crippen LogP contribution is -2.30. The molecule has 0 saturated carbocycles. The highest BCUT2D eigenvalue weighted by Crippen LogP contribution is 2.26. The molecule has 1 N–H and O–H groups in total. The monoisotopic (exact) mass is 403 g/mol. The second-order valence-corrected chi connectivity index (χ2v) is 7.70. The molecular weight excluding hydrogens is 386 g/mol. The number of carbonyl (C=O) groups excluding carboxylic acids is 2. The Balaban J connectivity index is 1.57. The van der Waals surface area contributed by atoms with Gasteiger partial charge in [-0.2, -0.15) is 0 Å². The number of hydrogen-bond acceptors (Lipinski definition) is 8. The summed E-state index contributed by atoms with van der Waals surface area (Å²) in [6, 6.07) is 13.6. The molecular formula is C18H17N3O4S2. The molecule has 0 saturated heterocycles. The topological polar surface area (TPSA) is 90.4 Å². The molecule has 7 nitrogen and oxygen atoms in total. The number of methoxy groups -OCH3 is 1. The summed E-state index contributed by atoms with van der Waals surface area (Å²) in [6.45, 7) is 1.67. The minimum absolute atomic E-state index is 0.139. The van der Waals surface area contributed by atoms with Crippen LogP contribution in [-0.2, 0) is 14.3 Å². The van der Waals surface area contributed by atoms with E-state index in [1.54, 1.807) is 6.92 Å². The smallest absolute Gasteiger partial charge is 0.316 e. The summed E-state index contributed by atoms with van der Waals surface area (Å²) in [5, 5.41) is 13.0. The first kappa shape index (κ1) is 19.1. The molecule has 27 heavy (non-hydrogen) atoms. The number of benzene rings is 2. The van der Waals surface area contributed by atoms with Crippen LogP contribution in [0.1, 0.15) is 6.92 Å². The van der Waals surface area contributed by atoms with Crippen molar-refractivity contribution < 1.29 is 19.1 Å². The van der Waals surface area contributed by atoms with E-state index in [1.807, 2.05) is 42.5 Å². The Kier molecular flexibility index (Phi) is 6.25. The second kappa shape index (κ2) is 8.83. The summed E-state index contributed by atoms with van der Waals surface area (Å²) in [5.74, 6) is 0.0746. The van der Waals surface area contributed by atoms with Gasteiger partial charge < -0.3 is 9.47 Å². The van der Waals surface area contributed by atoms with E-state index < -0.39 is 6.10 Å². The maximum atomic E-state index is 12.3. The Morgan fingerprint density at radius 3 is 2.74 bits per heavy atom. The predicted octanol–water partition coefficient (Wildman–Crippen LogP) is 3.36. The molecule has 2 aromatic carbocycles. The zero-order valence-corrected chi connectivity index (χ0v) is 16.3. The molecule has 9 heteroatoms. The lowest BCUT2D eigenvalue weighted by molar-refractivity contribution is -0.137. The number of aromatic nitrogens is 2. The zero-order chi connectivity index (χ0) is 19.2. The van der Waals surface area contributed by atoms with E-state index in [2.05, 4.69) is 20.3 Å². The standard InChI is InChI=1S/C18H17N3O4S2/c1-11(25-14-8-7-12-5-3-4-6-13(12)9-14)16(23)19-17-20-21-18(27-17)26-10-15(22)24-2/h3-9,11H,10H2,1-2H3,(H,19,20,23). The first-order chi connectivity index (χ1) is 13.0. The molecule has 0 aliphatic heterocycles. The molecule has 1 unspecified atom stereocenters. The van der Waals surface area contributed by atoms with Crippen molar-refractivity contribution in [3.63, 3.8) is 0 Å². The Hall–Kier alpha value is -2.65. The van der Waals surface area contributed by atoms with Crippen molar-refractivity contribution in [3.8, 4) is 5.75 Å². The van der Waals surface area contributed by atoms with Gasteiger partial charge in [-0.3, -0.25) is 14.9 Å². The summed E-state index contributed by atoms with van der Waals surface area (Å²) in [4.78, 5) is 23.5. The summed E-state index contributed by atoms with van der Waals surface area (Å²) in [5.41, 5.74) is 0. The molecule has 0 spiro atoms. The van der Waals surface area contributed by atoms with Crippen LogP contribution in [0, 0.1) is 0 Å². The molecule has 3 rings (SSSR count). The number of anilines is 1. The first-order valence-electron chi connectivity index (χ1n) is 8.04. The average Bonchev–Trinajstić information content (AvgIpc) is 3.13. The number of amides is 1. The summed E-state index contributed by atoms with van der Waals surface area (Å²) >= 11 is 2.39. The molecule has 3 aromatic rings. The van der Waals surface area contributed by atoms with E-state index in [0.717, 1.165) is 10.8 Å². The van der Waals surface area contributed by atoms with Gasteiger partial charge in [0.25, 0.3) is 5.91 Å². The van der Waals surface area contributed by atoms with Gasteiger partial charge in [0.1, 0.15) is 5.75 Å². The minimum Gasteiger partial charge on any atom is -0.481 e. The van der Waals surface area contributed by atoms with Gasteiger partial charge in [-0.1, -0.05) is 53.4 Å². The number of carbonyl (C=O) groups is 2. The normalized spacial score (nSPS) is 11.8. The molecule has 0 aliphatic rings. The van der Waals surface area contributed by atoms with Crippen LogP contribution in [-0.4, -0.2) is 41.0 Å². The maximum Gasteiger partial charge on any atom is 0.316 e. The van der Waals surface area contributed by atoms with Crippen LogP contribution in [0.15, 0.2) is 46.8 Å². The van der Waals surface area contributed by atoms with Crippen molar-refractivity contribution >= 4 is 50.9 Å². The van der Waals surface area contributed by atoms with Crippen LogP contribution in [0.3, 0.4) is 0 Å². The van der Waals surface area contributed by atoms with Crippen LogP contribution in [0.4, 0.5) is 5.13 Å². The van der Waals surface area contributed by atoms with Gasteiger partial charge in [0.2, 0.25) is 5.13 Å². The maximum absolute atomic E-state index is 12.3. The SMILES string of the molecule is COC(=O)CSc1nnc(NC(=O)C(C)Oc2ccc3ccccc3c2)s1. The Bertz CT molecular complexity index is 960. The average molecular weight is 403 g/mol. The summed E-state index contributed by atoms with van der Waals surface area (Å²) < 4.78 is 10.9. The second-order valence-electron chi connectivity index (χ2n) is 5.50. The number of ether oxygens (including phenoxy) is 2. The van der Waals surface area contributed by atoms with Crippen molar-refractivity contribution in [1.29, 1.82) is 0 Å². The highest BCUT2D eigenvalue weighted by atomic mass is 32.2. The predicted molar refractivity (Wildman–Crippen MR) is 105 cm³/mol. The lowest BCUT2D eigenvalue weighted by atomic mass is 10.1. The van der Waals surface area contributed by atoms with Crippen LogP contribution >= 0.6 is 23.1 Å². The molecule has 0 radical (unpaired) electrons. The van der Waals surface area contributed by atoms with Gasteiger partial charge >= 0.3 is 5.97 Å². The summed E-state index contributed by atoms with van der Waals surface area (Å²) in [6.07, 6.45) is -0.707. The van der Waals surface area contributed by atoms with Gasteiger partial charge in [-0.15, -0.1) is 10.2 Å². The fourth-order valence-corrected chi connectivity index (χ4v) is 3.79. The quantitative estimate of drug-likeness (QED) is 0.367. The van der Waals surface area contributed by atoms with Gasteiger partial charge in [-0.25, -0.2) is 0 Å². The fraction of sp³-hybridized carbons (Fsp3) is 0.222. The number of hydrogen-bond donors (Lipinski definition) is 1. The zero-order valence-electron chi connectivity index (χ0n) is 14.7. The van der Waals surface area contributed by atoms with E-state index >= 15 is 0 Å². The molecule has 1 amide bonds. The van der Waals surface area contributed by atoms with Crippen molar-refractivity contribution in [2.45, 2.75) is 17.4 Å². The largest absolute Gasteiger partial charge is 0.481 e. The number of thioether (sulfide) groups is 1. The third-order valence-corrected chi connectivity index (χ3v) is 5.53. The molecule has 0 aliphatic carbocycles. The van der Waals surface area contributed by atoms with Crippen molar-refractivity contribution in [2.24, 2.45) is 0 Å². The lowest BCUT2D eigenvalue weighted by Gasteiger charge is -2.14. The Morgan fingerprint density at radius 2 is 1.96 bits per heavy atom. The Labute approximate surface area is 164 Å². The first-order valence-corrected chi connectivity index (χ1v) is 9.85.